The summed E-state index contributed by atoms with van der Waals surface area (Å²) >= 11 is 0. The largest absolute Gasteiger partial charge is 0.504 e. The quantitative estimate of drug-likeness (QED) is 0.737. The number of aromatic hydroxyl groups is 1. The van der Waals surface area contributed by atoms with Crippen LogP contribution in [0.25, 0.3) is 10.9 Å². The van der Waals surface area contributed by atoms with Gasteiger partial charge in [0.25, 0.3) is 0 Å². The summed E-state index contributed by atoms with van der Waals surface area (Å²) in [6.45, 7) is 0.345. The molecule has 2 aromatic rings. The molecule has 0 saturated heterocycles. The molecule has 1 amide bonds. The first-order valence-corrected chi connectivity index (χ1v) is 5.52. The van der Waals surface area contributed by atoms with Crippen LogP contribution < -0.4 is 11.5 Å². The van der Waals surface area contributed by atoms with Crippen molar-refractivity contribution >= 4 is 16.8 Å². The zero-order valence-corrected chi connectivity index (χ0v) is 9.69. The van der Waals surface area contributed by atoms with Gasteiger partial charge in [-0.25, -0.2) is 4.39 Å². The lowest BCUT2D eigenvalue weighted by molar-refractivity contribution is -0.118. The number of aromatic nitrogens is 1. The Balaban J connectivity index is 2.67. The highest BCUT2D eigenvalue weighted by atomic mass is 19.1. The first kappa shape index (κ1) is 12.4. The molecule has 0 aliphatic rings. The number of rotatable bonds is 4. The summed E-state index contributed by atoms with van der Waals surface area (Å²) < 4.78 is 14.9. The molecule has 5 N–H and O–H groups in total. The van der Waals surface area contributed by atoms with Crippen LogP contribution in [0.2, 0.25) is 0 Å². The molecule has 2 rings (SSSR count). The maximum absolute atomic E-state index is 13.4. The summed E-state index contributed by atoms with van der Waals surface area (Å²) in [5, 5.41) is 10.2. The fourth-order valence-corrected chi connectivity index (χ4v) is 2.08. The van der Waals surface area contributed by atoms with E-state index in [4.69, 9.17) is 11.5 Å². The molecular weight excluding hydrogens is 237 g/mol. The highest BCUT2D eigenvalue weighted by Gasteiger charge is 2.15. The number of fused-ring (bicyclic) bond motifs is 1. The third-order valence-electron chi connectivity index (χ3n) is 2.79. The molecule has 1 heterocycles. The van der Waals surface area contributed by atoms with Gasteiger partial charge in [0.15, 0.2) is 11.6 Å². The third kappa shape index (κ3) is 2.02. The lowest BCUT2D eigenvalue weighted by Gasteiger charge is -2.03. The standard InChI is InChI=1S/C12H14FN3O2/c13-8-1-2-9-11(12(8)18)7(3-4-14)5-16(9)6-10(15)17/h1-2,5,18H,3-4,6,14H2,(H2,15,17). The van der Waals surface area contributed by atoms with Crippen molar-refractivity contribution in [2.45, 2.75) is 13.0 Å². The Hall–Kier alpha value is -2.08. The van der Waals surface area contributed by atoms with E-state index in [-0.39, 0.29) is 6.54 Å². The second-order valence-electron chi connectivity index (χ2n) is 4.08. The molecule has 18 heavy (non-hydrogen) atoms. The van der Waals surface area contributed by atoms with Crippen LogP contribution in [-0.2, 0) is 17.8 Å². The van der Waals surface area contributed by atoms with Crippen molar-refractivity contribution in [2.75, 3.05) is 6.54 Å². The number of phenolic OH excluding ortho intramolecular Hbond substituents is 1. The van der Waals surface area contributed by atoms with E-state index in [0.717, 1.165) is 6.07 Å². The van der Waals surface area contributed by atoms with Crippen LogP contribution in [0.15, 0.2) is 18.3 Å². The Morgan fingerprint density at radius 1 is 1.44 bits per heavy atom. The molecule has 0 unspecified atom stereocenters. The molecule has 96 valence electrons. The number of carbonyl (C=O) groups excluding carboxylic acids is 1. The van der Waals surface area contributed by atoms with E-state index in [9.17, 15) is 14.3 Å². The summed E-state index contributed by atoms with van der Waals surface area (Å²) in [5.74, 6) is -1.62. The molecule has 0 spiro atoms. The van der Waals surface area contributed by atoms with Crippen LogP contribution in [0.4, 0.5) is 4.39 Å². The Kier molecular flexibility index (Phi) is 3.20. The second kappa shape index (κ2) is 4.66. The zero-order chi connectivity index (χ0) is 13.3. The molecule has 6 heteroatoms. The van der Waals surface area contributed by atoms with Gasteiger partial charge in [-0.3, -0.25) is 4.79 Å². The number of primary amides is 1. The van der Waals surface area contributed by atoms with Crippen LogP contribution in [-0.4, -0.2) is 22.1 Å². The van der Waals surface area contributed by atoms with Crippen molar-refractivity contribution in [3.05, 3.63) is 29.7 Å². The lowest BCUT2D eigenvalue weighted by atomic mass is 10.1. The van der Waals surface area contributed by atoms with Crippen molar-refractivity contribution < 1.29 is 14.3 Å². The number of nitrogens with two attached hydrogens (primary N) is 2. The van der Waals surface area contributed by atoms with Gasteiger partial charge in [-0.1, -0.05) is 0 Å². The Labute approximate surface area is 103 Å². The van der Waals surface area contributed by atoms with Gasteiger partial charge in [0, 0.05) is 11.6 Å². The number of hydrogen-bond donors (Lipinski definition) is 3. The number of benzene rings is 1. The zero-order valence-electron chi connectivity index (χ0n) is 9.69. The molecule has 0 bridgehead atoms. The van der Waals surface area contributed by atoms with Gasteiger partial charge in [-0.15, -0.1) is 0 Å². The van der Waals surface area contributed by atoms with E-state index < -0.39 is 17.5 Å². The van der Waals surface area contributed by atoms with E-state index in [1.165, 1.54) is 6.07 Å². The number of amides is 1. The summed E-state index contributed by atoms with van der Waals surface area (Å²) in [7, 11) is 0. The molecule has 1 aromatic heterocycles. The molecule has 0 fully saturated rings. The summed E-state index contributed by atoms with van der Waals surface area (Å²) in [4.78, 5) is 11.0. The van der Waals surface area contributed by atoms with Crippen molar-refractivity contribution in [3.8, 4) is 5.75 Å². The number of nitrogens with zero attached hydrogens (tertiary/aromatic N) is 1. The minimum Gasteiger partial charge on any atom is -0.504 e. The topological polar surface area (TPSA) is 94.3 Å². The van der Waals surface area contributed by atoms with Crippen molar-refractivity contribution in [3.63, 3.8) is 0 Å². The van der Waals surface area contributed by atoms with Gasteiger partial charge in [0.1, 0.15) is 6.54 Å². The number of hydrogen-bond acceptors (Lipinski definition) is 3. The van der Waals surface area contributed by atoms with Crippen LogP contribution >= 0.6 is 0 Å². The predicted molar refractivity (Wildman–Crippen MR) is 65.5 cm³/mol. The Morgan fingerprint density at radius 2 is 2.17 bits per heavy atom. The minimum atomic E-state index is -0.697. The van der Waals surface area contributed by atoms with Gasteiger partial charge in [0.05, 0.1) is 5.52 Å². The van der Waals surface area contributed by atoms with Crippen molar-refractivity contribution in [2.24, 2.45) is 11.5 Å². The van der Waals surface area contributed by atoms with Crippen molar-refractivity contribution in [1.29, 1.82) is 0 Å². The SMILES string of the molecule is NCCc1cn(CC(N)=O)c2ccc(F)c(O)c12. The number of phenols is 1. The predicted octanol–water partition coefficient (Wildman–Crippen LogP) is 0.473. The van der Waals surface area contributed by atoms with Crippen LogP contribution in [0.5, 0.6) is 5.75 Å². The summed E-state index contributed by atoms with van der Waals surface area (Å²) in [5.41, 5.74) is 11.9. The maximum Gasteiger partial charge on any atom is 0.237 e. The first-order chi connectivity index (χ1) is 8.54. The smallest absolute Gasteiger partial charge is 0.237 e. The third-order valence-corrected chi connectivity index (χ3v) is 2.79. The lowest BCUT2D eigenvalue weighted by Crippen LogP contribution is -2.17. The normalized spacial score (nSPS) is 11.0. The van der Waals surface area contributed by atoms with E-state index >= 15 is 0 Å². The highest BCUT2D eigenvalue weighted by Crippen LogP contribution is 2.32. The van der Waals surface area contributed by atoms with Gasteiger partial charge in [0.2, 0.25) is 5.91 Å². The Morgan fingerprint density at radius 3 is 2.78 bits per heavy atom. The monoisotopic (exact) mass is 251 g/mol. The van der Waals surface area contributed by atoms with Gasteiger partial charge >= 0.3 is 0 Å². The van der Waals surface area contributed by atoms with Crippen LogP contribution in [0.1, 0.15) is 5.56 Å². The summed E-state index contributed by atoms with van der Waals surface area (Å²) in [6, 6.07) is 2.66. The molecule has 0 atom stereocenters. The van der Waals surface area contributed by atoms with Crippen molar-refractivity contribution in [1.82, 2.24) is 4.57 Å². The molecule has 1 aromatic carbocycles. The molecule has 0 aliphatic carbocycles. The maximum atomic E-state index is 13.4. The van der Waals surface area contributed by atoms with E-state index in [0.29, 0.717) is 29.4 Å². The van der Waals surface area contributed by atoms with Crippen LogP contribution in [0.3, 0.4) is 0 Å². The van der Waals surface area contributed by atoms with Gasteiger partial charge in [-0.2, -0.15) is 0 Å². The molecular formula is C12H14FN3O2. The van der Waals surface area contributed by atoms with Gasteiger partial charge < -0.3 is 21.1 Å². The molecule has 0 saturated carbocycles. The van der Waals surface area contributed by atoms with E-state index in [2.05, 4.69) is 0 Å². The molecule has 0 radical (unpaired) electrons. The van der Waals surface area contributed by atoms with Gasteiger partial charge in [-0.05, 0) is 30.7 Å². The number of carbonyl (C=O) groups is 1. The Bertz CT molecular complexity index is 607. The highest BCUT2D eigenvalue weighted by molar-refractivity contribution is 5.91. The summed E-state index contributed by atoms with van der Waals surface area (Å²) in [6.07, 6.45) is 2.15. The fourth-order valence-electron chi connectivity index (χ4n) is 2.08. The molecule has 5 nitrogen and oxygen atoms in total. The molecule has 0 aliphatic heterocycles. The first-order valence-electron chi connectivity index (χ1n) is 5.52. The minimum absolute atomic E-state index is 0.0217. The van der Waals surface area contributed by atoms with Crippen LogP contribution in [0, 0.1) is 5.82 Å². The fraction of sp³-hybridized carbons (Fsp3) is 0.250. The van der Waals surface area contributed by atoms with E-state index in [1.807, 2.05) is 0 Å². The van der Waals surface area contributed by atoms with E-state index in [1.54, 1.807) is 10.8 Å². The number of halogens is 1. The second-order valence-corrected chi connectivity index (χ2v) is 4.08. The average Bonchev–Trinajstić information content (AvgIpc) is 2.62. The average molecular weight is 251 g/mol.